The summed E-state index contributed by atoms with van der Waals surface area (Å²) in [6, 6.07) is 0. The van der Waals surface area contributed by atoms with Gasteiger partial charge in [0.1, 0.15) is 6.61 Å². The van der Waals surface area contributed by atoms with Crippen molar-refractivity contribution in [1.82, 2.24) is 0 Å². The molecule has 0 N–H and O–H groups in total. The van der Waals surface area contributed by atoms with Crippen LogP contribution in [0.3, 0.4) is 0 Å². The van der Waals surface area contributed by atoms with E-state index in [2.05, 4.69) is 33.9 Å². The number of ether oxygens (including phenoxy) is 12. The average Bonchev–Trinajstić information content (AvgIpc) is 3.05. The van der Waals surface area contributed by atoms with Crippen LogP contribution in [0.1, 0.15) is 40.5 Å². The molecular weight excluding hydrogens is 660 g/mol. The summed E-state index contributed by atoms with van der Waals surface area (Å²) in [6.45, 7) is 25.1. The maximum absolute atomic E-state index is 11.2. The first kappa shape index (κ1) is 48.2. The molecule has 0 aliphatic carbocycles. The Kier molecular flexibility index (Phi) is 35.0. The van der Waals surface area contributed by atoms with Crippen LogP contribution in [0.2, 0.25) is 18.1 Å². The van der Waals surface area contributed by atoms with E-state index in [-0.39, 0.29) is 17.6 Å². The van der Waals surface area contributed by atoms with Crippen molar-refractivity contribution in [2.45, 2.75) is 58.7 Å². The molecule has 0 heterocycles. The largest absolute Gasteiger partial charge is 0.463 e. The smallest absolute Gasteiger partial charge is 0.305 e. The van der Waals surface area contributed by atoms with Crippen molar-refractivity contribution in [2.75, 3.05) is 159 Å². The van der Waals surface area contributed by atoms with Gasteiger partial charge in [0.05, 0.1) is 152 Å². The summed E-state index contributed by atoms with van der Waals surface area (Å²) in [5.74, 6) is -0.188. The number of esters is 1. The summed E-state index contributed by atoms with van der Waals surface area (Å²) in [4.78, 5) is 11.2. The van der Waals surface area contributed by atoms with Crippen molar-refractivity contribution in [2.24, 2.45) is 0 Å². The van der Waals surface area contributed by atoms with E-state index in [1.807, 2.05) is 6.92 Å². The van der Waals surface area contributed by atoms with Gasteiger partial charge < -0.3 is 61.3 Å². The molecule has 0 unspecified atom stereocenters. The molecule has 0 rings (SSSR count). The Balaban J connectivity index is 3.13. The first-order valence-electron chi connectivity index (χ1n) is 17.9. The second-order valence-electron chi connectivity index (χ2n) is 12.3. The third-order valence-electron chi connectivity index (χ3n) is 7.16. The standard InChI is InChI=1S/C34H70O14Si/c1-7-8-33(35)47-31-29-45-27-25-43-23-21-41-19-17-39-15-13-37-11-9-36-10-12-38-14-16-40-18-20-42-22-24-44-26-28-46-30-32-48-49(5,6)34(2,3)4/h7-32H2,1-6H3. The molecule has 0 fully saturated rings. The van der Waals surface area contributed by atoms with E-state index in [1.54, 1.807) is 0 Å². The zero-order valence-electron chi connectivity index (χ0n) is 31.6. The monoisotopic (exact) mass is 730 g/mol. The second-order valence-corrected chi connectivity index (χ2v) is 17.1. The van der Waals surface area contributed by atoms with Gasteiger partial charge in [-0.15, -0.1) is 0 Å². The number of hydrogen-bond acceptors (Lipinski definition) is 14. The zero-order valence-corrected chi connectivity index (χ0v) is 32.6. The maximum Gasteiger partial charge on any atom is 0.305 e. The molecular formula is C34H70O14Si. The Morgan fingerprint density at radius 2 is 0.633 bits per heavy atom. The van der Waals surface area contributed by atoms with Gasteiger partial charge in [-0.2, -0.15) is 0 Å². The van der Waals surface area contributed by atoms with Crippen LogP contribution in [-0.2, 0) is 66.1 Å². The molecule has 294 valence electrons. The van der Waals surface area contributed by atoms with Gasteiger partial charge in [0.2, 0.25) is 0 Å². The second kappa shape index (κ2) is 35.6. The molecule has 14 nitrogen and oxygen atoms in total. The van der Waals surface area contributed by atoms with Crippen molar-refractivity contribution < 1.29 is 66.1 Å². The highest BCUT2D eigenvalue weighted by atomic mass is 28.4. The number of carbonyl (C=O) groups is 1. The minimum absolute atomic E-state index is 0.188. The third kappa shape index (κ3) is 35.4. The van der Waals surface area contributed by atoms with Gasteiger partial charge >= 0.3 is 5.97 Å². The topological polar surface area (TPSA) is 137 Å². The fraction of sp³-hybridized carbons (Fsp3) is 0.971. The Hall–Kier alpha value is -0.793. The van der Waals surface area contributed by atoms with Crippen molar-refractivity contribution in [3.05, 3.63) is 0 Å². The predicted octanol–water partition coefficient (Wildman–Crippen LogP) is 3.53. The highest BCUT2D eigenvalue weighted by molar-refractivity contribution is 6.74. The van der Waals surface area contributed by atoms with Gasteiger partial charge in [-0.25, -0.2) is 0 Å². The molecule has 0 aliphatic heterocycles. The fourth-order valence-corrected chi connectivity index (χ4v) is 4.39. The Labute approximate surface area is 297 Å². The summed E-state index contributed by atoms with van der Waals surface area (Å²) in [5, 5.41) is 0.214. The van der Waals surface area contributed by atoms with Crippen molar-refractivity contribution in [3.63, 3.8) is 0 Å². The molecule has 0 spiro atoms. The minimum atomic E-state index is -1.70. The molecule has 0 atom stereocenters. The number of hydrogen-bond donors (Lipinski definition) is 0. The fourth-order valence-electron chi connectivity index (χ4n) is 3.36. The van der Waals surface area contributed by atoms with E-state index in [1.165, 1.54) is 0 Å². The summed E-state index contributed by atoms with van der Waals surface area (Å²) in [6.07, 6.45) is 1.23. The molecule has 0 aromatic rings. The number of carbonyl (C=O) groups excluding carboxylic acids is 1. The Morgan fingerprint density at radius 3 is 0.857 bits per heavy atom. The maximum atomic E-state index is 11.2. The molecule has 0 aromatic heterocycles. The van der Waals surface area contributed by atoms with Gasteiger partial charge in [0.25, 0.3) is 0 Å². The van der Waals surface area contributed by atoms with Crippen LogP contribution in [0.5, 0.6) is 0 Å². The van der Waals surface area contributed by atoms with Crippen LogP contribution in [0.15, 0.2) is 0 Å². The molecule has 0 radical (unpaired) electrons. The molecule has 0 aliphatic rings. The summed E-state index contributed by atoms with van der Waals surface area (Å²) in [7, 11) is -1.70. The van der Waals surface area contributed by atoms with Gasteiger partial charge in [0, 0.05) is 6.42 Å². The summed E-state index contributed by atoms with van der Waals surface area (Å²) < 4.78 is 71.3. The summed E-state index contributed by atoms with van der Waals surface area (Å²) in [5.41, 5.74) is 0. The first-order valence-corrected chi connectivity index (χ1v) is 20.8. The summed E-state index contributed by atoms with van der Waals surface area (Å²) >= 11 is 0. The Bertz CT molecular complexity index is 696. The molecule has 49 heavy (non-hydrogen) atoms. The molecule has 0 saturated carbocycles. The minimum Gasteiger partial charge on any atom is -0.463 e. The van der Waals surface area contributed by atoms with Gasteiger partial charge in [0.15, 0.2) is 8.32 Å². The normalized spacial score (nSPS) is 12.2. The van der Waals surface area contributed by atoms with Crippen LogP contribution < -0.4 is 0 Å². The lowest BCUT2D eigenvalue weighted by molar-refractivity contribution is -0.145. The van der Waals surface area contributed by atoms with Gasteiger partial charge in [-0.1, -0.05) is 27.7 Å². The highest BCUT2D eigenvalue weighted by Crippen LogP contribution is 2.36. The quantitative estimate of drug-likeness (QED) is 0.0518. The Morgan fingerprint density at radius 1 is 0.408 bits per heavy atom. The van der Waals surface area contributed by atoms with E-state index in [0.29, 0.717) is 158 Å². The first-order chi connectivity index (χ1) is 23.7. The predicted molar refractivity (Wildman–Crippen MR) is 188 cm³/mol. The highest BCUT2D eigenvalue weighted by Gasteiger charge is 2.36. The third-order valence-corrected chi connectivity index (χ3v) is 11.7. The number of rotatable bonds is 39. The van der Waals surface area contributed by atoms with E-state index in [0.717, 1.165) is 6.42 Å². The van der Waals surface area contributed by atoms with Crippen molar-refractivity contribution in [1.29, 1.82) is 0 Å². The lowest BCUT2D eigenvalue weighted by Gasteiger charge is -2.36. The molecule has 0 aromatic carbocycles. The van der Waals surface area contributed by atoms with E-state index >= 15 is 0 Å². The van der Waals surface area contributed by atoms with Crippen LogP contribution in [0, 0.1) is 0 Å². The van der Waals surface area contributed by atoms with Crippen LogP contribution in [-0.4, -0.2) is 173 Å². The SMILES string of the molecule is CCCC(=O)OCCOCCOCCOCCOCCOCCOCCOCCOCCOCCOCCOCCO[Si](C)(C)C(C)(C)C. The lowest BCUT2D eigenvalue weighted by atomic mass is 10.2. The average molecular weight is 731 g/mol. The van der Waals surface area contributed by atoms with E-state index in [9.17, 15) is 4.79 Å². The van der Waals surface area contributed by atoms with Crippen LogP contribution in [0.4, 0.5) is 0 Å². The van der Waals surface area contributed by atoms with Crippen LogP contribution >= 0.6 is 0 Å². The van der Waals surface area contributed by atoms with Crippen molar-refractivity contribution >= 4 is 14.3 Å². The molecule has 0 saturated heterocycles. The lowest BCUT2D eigenvalue weighted by Crippen LogP contribution is -2.41. The van der Waals surface area contributed by atoms with E-state index < -0.39 is 8.32 Å². The van der Waals surface area contributed by atoms with Crippen LogP contribution in [0.25, 0.3) is 0 Å². The van der Waals surface area contributed by atoms with E-state index in [4.69, 9.17) is 61.3 Å². The van der Waals surface area contributed by atoms with Gasteiger partial charge in [-0.05, 0) is 24.6 Å². The molecule has 0 amide bonds. The van der Waals surface area contributed by atoms with Crippen molar-refractivity contribution in [3.8, 4) is 0 Å². The van der Waals surface area contributed by atoms with Gasteiger partial charge in [-0.3, -0.25) is 4.79 Å². The zero-order chi connectivity index (χ0) is 36.2. The molecule has 0 bridgehead atoms. The molecule has 15 heteroatoms.